The second-order valence-electron chi connectivity index (χ2n) is 3.50. The minimum Gasteiger partial charge on any atom is -0.497 e. The van der Waals surface area contributed by atoms with Crippen molar-refractivity contribution in [3.05, 3.63) is 23.2 Å². The molecule has 1 amide bonds. The molecule has 0 radical (unpaired) electrons. The van der Waals surface area contributed by atoms with E-state index in [1.807, 2.05) is 0 Å². The van der Waals surface area contributed by atoms with E-state index in [4.69, 9.17) is 16.3 Å². The minimum atomic E-state index is -4.46. The first kappa shape index (κ1) is 15.6. The van der Waals surface area contributed by atoms with Crippen LogP contribution >= 0.6 is 11.6 Å². The summed E-state index contributed by atoms with van der Waals surface area (Å²) < 4.78 is 44.5. The van der Waals surface area contributed by atoms with E-state index in [-0.39, 0.29) is 10.7 Å². The summed E-state index contributed by atoms with van der Waals surface area (Å²) >= 11 is 5.81. The lowest BCUT2D eigenvalue weighted by Crippen LogP contribution is -2.24. The van der Waals surface area contributed by atoms with Gasteiger partial charge in [-0.15, -0.1) is 0 Å². The Morgan fingerprint density at radius 3 is 2.68 bits per heavy atom. The number of hydrogen-bond acceptors (Lipinski definition) is 3. The highest BCUT2D eigenvalue weighted by molar-refractivity contribution is 6.33. The number of benzene rings is 1. The predicted molar refractivity (Wildman–Crippen MR) is 63.5 cm³/mol. The van der Waals surface area contributed by atoms with E-state index < -0.39 is 25.3 Å². The maximum atomic E-state index is 11.8. The molecule has 0 fully saturated rings. The number of anilines is 1. The van der Waals surface area contributed by atoms with Crippen LogP contribution in [0.4, 0.5) is 18.9 Å². The smallest absolute Gasteiger partial charge is 0.411 e. The van der Waals surface area contributed by atoms with Crippen molar-refractivity contribution in [1.82, 2.24) is 0 Å². The quantitative estimate of drug-likeness (QED) is 0.909. The normalized spacial score (nSPS) is 11.2. The molecule has 0 saturated heterocycles. The number of ether oxygens (including phenoxy) is 2. The topological polar surface area (TPSA) is 47.6 Å². The third kappa shape index (κ3) is 5.80. The van der Waals surface area contributed by atoms with E-state index in [2.05, 4.69) is 10.1 Å². The van der Waals surface area contributed by atoms with Crippen molar-refractivity contribution in [1.29, 1.82) is 0 Å². The SMILES string of the molecule is COc1ccc(Cl)c(NC(=O)COCC(F)(F)F)c1. The number of methoxy groups -OCH3 is 1. The Kier molecular flexibility index (Phi) is 5.44. The summed E-state index contributed by atoms with van der Waals surface area (Å²) in [7, 11) is 1.43. The lowest BCUT2D eigenvalue weighted by molar-refractivity contribution is -0.174. The van der Waals surface area contributed by atoms with Crippen molar-refractivity contribution in [3.63, 3.8) is 0 Å². The van der Waals surface area contributed by atoms with Gasteiger partial charge in [-0.1, -0.05) is 11.6 Å². The van der Waals surface area contributed by atoms with Crippen molar-refractivity contribution in [2.45, 2.75) is 6.18 Å². The van der Waals surface area contributed by atoms with E-state index in [1.54, 1.807) is 6.07 Å². The number of halogens is 4. The van der Waals surface area contributed by atoms with Gasteiger partial charge in [-0.3, -0.25) is 4.79 Å². The summed E-state index contributed by atoms with van der Waals surface area (Å²) in [5, 5.41) is 2.57. The van der Waals surface area contributed by atoms with E-state index >= 15 is 0 Å². The Morgan fingerprint density at radius 1 is 1.42 bits per heavy atom. The molecular formula is C11H11ClF3NO3. The van der Waals surface area contributed by atoms with Crippen molar-refractivity contribution in [3.8, 4) is 5.75 Å². The highest BCUT2D eigenvalue weighted by Gasteiger charge is 2.27. The second-order valence-corrected chi connectivity index (χ2v) is 3.91. The maximum Gasteiger partial charge on any atom is 0.411 e. The largest absolute Gasteiger partial charge is 0.497 e. The molecule has 1 aromatic rings. The van der Waals surface area contributed by atoms with Crippen molar-refractivity contribution >= 4 is 23.2 Å². The van der Waals surface area contributed by atoms with Gasteiger partial charge in [0.2, 0.25) is 5.91 Å². The summed E-state index contributed by atoms with van der Waals surface area (Å²) in [4.78, 5) is 11.3. The molecule has 0 aliphatic rings. The van der Waals surface area contributed by atoms with Gasteiger partial charge in [0.15, 0.2) is 0 Å². The van der Waals surface area contributed by atoms with Crippen molar-refractivity contribution < 1.29 is 27.4 Å². The highest BCUT2D eigenvalue weighted by Crippen LogP contribution is 2.26. The van der Waals surface area contributed by atoms with E-state index in [0.29, 0.717) is 5.75 Å². The Bertz CT molecular complexity index is 451. The zero-order valence-electron chi connectivity index (χ0n) is 9.88. The molecule has 19 heavy (non-hydrogen) atoms. The predicted octanol–water partition coefficient (Wildman–Crippen LogP) is 2.87. The number of alkyl halides is 3. The number of rotatable bonds is 5. The van der Waals surface area contributed by atoms with Gasteiger partial charge >= 0.3 is 6.18 Å². The van der Waals surface area contributed by atoms with Gasteiger partial charge in [-0.2, -0.15) is 13.2 Å². The summed E-state index contributed by atoms with van der Waals surface area (Å²) in [5.41, 5.74) is 0.238. The second kappa shape index (κ2) is 6.63. The van der Waals surface area contributed by atoms with Gasteiger partial charge in [-0.25, -0.2) is 0 Å². The molecule has 106 valence electrons. The molecule has 0 heterocycles. The zero-order valence-corrected chi connectivity index (χ0v) is 10.6. The molecule has 0 aliphatic heterocycles. The fourth-order valence-electron chi connectivity index (χ4n) is 1.17. The van der Waals surface area contributed by atoms with Crippen molar-refractivity contribution in [2.24, 2.45) is 0 Å². The molecule has 1 rings (SSSR count). The fraction of sp³-hybridized carbons (Fsp3) is 0.364. The molecule has 8 heteroatoms. The van der Waals surface area contributed by atoms with Gasteiger partial charge in [-0.05, 0) is 12.1 Å². The number of carbonyl (C=O) groups excluding carboxylic acids is 1. The lowest BCUT2D eigenvalue weighted by atomic mass is 10.3. The van der Waals surface area contributed by atoms with Crippen LogP contribution < -0.4 is 10.1 Å². The Hall–Kier alpha value is -1.47. The van der Waals surface area contributed by atoms with Crippen LogP contribution in [0.5, 0.6) is 5.75 Å². The first-order valence-corrected chi connectivity index (χ1v) is 5.47. The molecule has 0 aliphatic carbocycles. The van der Waals surface area contributed by atoms with Gasteiger partial charge < -0.3 is 14.8 Å². The summed E-state index contributed by atoms with van der Waals surface area (Å²) in [6.07, 6.45) is -4.46. The first-order valence-electron chi connectivity index (χ1n) is 5.09. The first-order chi connectivity index (χ1) is 8.81. The average molecular weight is 298 g/mol. The van der Waals surface area contributed by atoms with Gasteiger partial charge in [0.1, 0.15) is 19.0 Å². The number of amides is 1. The molecule has 4 nitrogen and oxygen atoms in total. The maximum absolute atomic E-state index is 11.8. The summed E-state index contributed by atoms with van der Waals surface area (Å²) in [6, 6.07) is 4.52. The minimum absolute atomic E-state index is 0.238. The van der Waals surface area contributed by atoms with Gasteiger partial charge in [0.05, 0.1) is 17.8 Å². The van der Waals surface area contributed by atoms with Crippen LogP contribution in [0.1, 0.15) is 0 Å². The molecule has 0 atom stereocenters. The third-order valence-corrected chi connectivity index (χ3v) is 2.28. The molecule has 0 bridgehead atoms. The molecular weight excluding hydrogens is 287 g/mol. The summed E-state index contributed by atoms with van der Waals surface area (Å²) in [5.74, 6) is -0.282. The molecule has 0 spiro atoms. The molecule has 0 aromatic heterocycles. The number of carbonyl (C=O) groups is 1. The zero-order chi connectivity index (χ0) is 14.5. The van der Waals surface area contributed by atoms with Crippen LogP contribution in [0, 0.1) is 0 Å². The monoisotopic (exact) mass is 297 g/mol. The van der Waals surface area contributed by atoms with Crippen LogP contribution in [-0.4, -0.2) is 32.4 Å². The molecule has 0 unspecified atom stereocenters. The van der Waals surface area contributed by atoms with Crippen LogP contribution in [0.2, 0.25) is 5.02 Å². The Labute approximate surface area is 112 Å². The Morgan fingerprint density at radius 2 is 2.11 bits per heavy atom. The lowest BCUT2D eigenvalue weighted by Gasteiger charge is -2.10. The van der Waals surface area contributed by atoms with Gasteiger partial charge in [0.25, 0.3) is 0 Å². The van der Waals surface area contributed by atoms with Crippen LogP contribution in [-0.2, 0) is 9.53 Å². The van der Waals surface area contributed by atoms with Gasteiger partial charge in [0, 0.05) is 6.07 Å². The van der Waals surface area contributed by atoms with E-state index in [9.17, 15) is 18.0 Å². The van der Waals surface area contributed by atoms with Crippen molar-refractivity contribution in [2.75, 3.05) is 25.6 Å². The standard InChI is InChI=1S/C11H11ClF3NO3/c1-18-7-2-3-8(12)9(4-7)16-10(17)5-19-6-11(13,14)15/h2-4H,5-6H2,1H3,(H,16,17). The average Bonchev–Trinajstić information content (AvgIpc) is 2.30. The summed E-state index contributed by atoms with van der Waals surface area (Å²) in [6.45, 7) is -2.20. The highest BCUT2D eigenvalue weighted by atomic mass is 35.5. The van der Waals surface area contributed by atoms with Crippen LogP contribution in [0.25, 0.3) is 0 Å². The number of hydrogen-bond donors (Lipinski definition) is 1. The van der Waals surface area contributed by atoms with E-state index in [1.165, 1.54) is 19.2 Å². The van der Waals surface area contributed by atoms with E-state index in [0.717, 1.165) is 0 Å². The number of nitrogens with one attached hydrogen (secondary N) is 1. The molecule has 1 N–H and O–H groups in total. The fourth-order valence-corrected chi connectivity index (χ4v) is 1.34. The molecule has 1 aromatic carbocycles. The van der Waals surface area contributed by atoms with Crippen LogP contribution in [0.3, 0.4) is 0 Å². The third-order valence-electron chi connectivity index (χ3n) is 1.95. The van der Waals surface area contributed by atoms with Crippen LogP contribution in [0.15, 0.2) is 18.2 Å². The molecule has 0 saturated carbocycles. The Balaban J connectivity index is 2.52.